The Morgan fingerprint density at radius 2 is 1.35 bits per heavy atom. The minimum atomic E-state index is -1.83. The number of carbonyl (C=O) groups is 2. The highest BCUT2D eigenvalue weighted by atomic mass is 16.6. The molecule has 8 nitrogen and oxygen atoms in total. The van der Waals surface area contributed by atoms with E-state index in [4.69, 9.17) is 19.5 Å². The molecule has 0 unspecified atom stereocenters. The maximum absolute atomic E-state index is 13.6. The van der Waals surface area contributed by atoms with Gasteiger partial charge in [-0.05, 0) is 60.9 Å². The van der Waals surface area contributed by atoms with Crippen LogP contribution in [0.4, 0.5) is 10.5 Å². The average molecular weight is 540 g/mol. The van der Waals surface area contributed by atoms with Crippen LogP contribution < -0.4 is 4.90 Å². The number of amides is 1. The molecular weight excluding hydrogens is 506 g/mol. The molecule has 40 heavy (non-hydrogen) atoms. The first-order valence-corrected chi connectivity index (χ1v) is 13.5. The summed E-state index contributed by atoms with van der Waals surface area (Å²) in [6, 6.07) is 25.5. The number of aromatic nitrogens is 1. The predicted octanol–water partition coefficient (Wildman–Crippen LogP) is 6.69. The highest BCUT2D eigenvalue weighted by Gasteiger charge is 2.29. The van der Waals surface area contributed by atoms with Crippen LogP contribution in [0.5, 0.6) is 0 Å². The topological polar surface area (TPSA) is 107 Å². The highest BCUT2D eigenvalue weighted by Crippen LogP contribution is 2.40. The monoisotopic (exact) mass is 539 g/mol. The Morgan fingerprint density at radius 3 is 1.93 bits per heavy atom. The lowest BCUT2D eigenvalue weighted by Crippen LogP contribution is -2.49. The van der Waals surface area contributed by atoms with E-state index < -0.39 is 6.16 Å². The Bertz CT molecular complexity index is 1480. The fraction of sp³-hybridized carbons (Fsp3) is 0.281. The quantitative estimate of drug-likeness (QED) is 0.291. The van der Waals surface area contributed by atoms with Gasteiger partial charge in [-0.1, -0.05) is 71.9 Å². The van der Waals surface area contributed by atoms with Gasteiger partial charge in [0.05, 0.1) is 5.69 Å². The van der Waals surface area contributed by atoms with Crippen molar-refractivity contribution >= 4 is 17.7 Å². The van der Waals surface area contributed by atoms with Crippen LogP contribution in [0.15, 0.2) is 77.3 Å². The molecule has 2 heterocycles. The van der Waals surface area contributed by atoms with Gasteiger partial charge in [-0.3, -0.25) is 4.79 Å². The summed E-state index contributed by atoms with van der Waals surface area (Å²) in [7, 11) is 0. The molecule has 0 bridgehead atoms. The summed E-state index contributed by atoms with van der Waals surface area (Å²) in [6.45, 7) is 6.95. The first-order chi connectivity index (χ1) is 19.3. The maximum atomic E-state index is 13.6. The second-order valence-electron chi connectivity index (χ2n) is 10.3. The number of hydrogen-bond acceptors (Lipinski definition) is 5. The minimum absolute atomic E-state index is 0.00655. The largest absolute Gasteiger partial charge is 0.503 e. The molecule has 0 radical (unpaired) electrons. The molecule has 1 amide bonds. The molecule has 2 fully saturated rings. The molecule has 1 saturated heterocycles. The molecule has 2 N–H and O–H groups in total. The number of piperazine rings is 1. The van der Waals surface area contributed by atoms with E-state index in [1.165, 1.54) is 35.2 Å². The fourth-order valence-corrected chi connectivity index (χ4v) is 5.22. The van der Waals surface area contributed by atoms with Gasteiger partial charge < -0.3 is 24.5 Å². The number of anilines is 1. The Labute approximate surface area is 233 Å². The number of rotatable bonds is 5. The average Bonchev–Trinajstić information content (AvgIpc) is 3.74. The van der Waals surface area contributed by atoms with Crippen molar-refractivity contribution in [3.05, 3.63) is 95.2 Å². The van der Waals surface area contributed by atoms with Gasteiger partial charge in [-0.25, -0.2) is 4.79 Å². The second-order valence-corrected chi connectivity index (χ2v) is 10.3. The van der Waals surface area contributed by atoms with Gasteiger partial charge in [0.25, 0.3) is 5.91 Å². The summed E-state index contributed by atoms with van der Waals surface area (Å²) in [5.74, 6) is 1.31. The molecule has 0 spiro atoms. The number of carboxylic acid groups (broad SMARTS) is 2. The third-order valence-corrected chi connectivity index (χ3v) is 7.54. The van der Waals surface area contributed by atoms with Crippen molar-refractivity contribution in [1.82, 2.24) is 10.1 Å². The third kappa shape index (κ3) is 6.01. The standard InChI is InChI=1S/C31H31N3O2.CH2O3/c1-21-5-3-4-6-28(21)33-17-19-34(20-18-33)31(35)29-22(2)32-36-30(29)27-15-13-26(14-16-27)25-11-9-24(10-12-25)23-7-8-23;2-1(3)4/h3-6,9-16,23H,7-8,17-20H2,1-2H3;(H2,2,3,4). The zero-order chi connectivity index (χ0) is 28.2. The fourth-order valence-electron chi connectivity index (χ4n) is 5.22. The molecule has 206 valence electrons. The van der Waals surface area contributed by atoms with Crippen LogP contribution in [-0.4, -0.2) is 58.5 Å². The van der Waals surface area contributed by atoms with Crippen molar-refractivity contribution < 1.29 is 24.3 Å². The van der Waals surface area contributed by atoms with Gasteiger partial charge >= 0.3 is 6.16 Å². The first kappa shape index (κ1) is 27.0. The van der Waals surface area contributed by atoms with Gasteiger partial charge in [0.1, 0.15) is 5.56 Å². The Kier molecular flexibility index (Phi) is 7.86. The van der Waals surface area contributed by atoms with Crippen molar-refractivity contribution in [1.29, 1.82) is 0 Å². The summed E-state index contributed by atoms with van der Waals surface area (Å²) >= 11 is 0. The second kappa shape index (κ2) is 11.7. The van der Waals surface area contributed by atoms with Crippen LogP contribution in [0.1, 0.15) is 45.9 Å². The van der Waals surface area contributed by atoms with E-state index >= 15 is 0 Å². The van der Waals surface area contributed by atoms with Gasteiger partial charge in [0, 0.05) is 37.4 Å². The van der Waals surface area contributed by atoms with Crippen molar-refractivity contribution in [3.8, 4) is 22.5 Å². The lowest BCUT2D eigenvalue weighted by Gasteiger charge is -2.36. The zero-order valence-corrected chi connectivity index (χ0v) is 22.7. The molecule has 8 heteroatoms. The van der Waals surface area contributed by atoms with Crippen molar-refractivity contribution in [2.45, 2.75) is 32.6 Å². The Balaban J connectivity index is 0.000000758. The number of para-hydroxylation sites is 1. The number of carbonyl (C=O) groups excluding carboxylic acids is 1. The lowest BCUT2D eigenvalue weighted by atomic mass is 9.99. The zero-order valence-electron chi connectivity index (χ0n) is 22.7. The van der Waals surface area contributed by atoms with Crippen LogP contribution in [0.25, 0.3) is 22.5 Å². The Morgan fingerprint density at radius 1 is 0.800 bits per heavy atom. The highest BCUT2D eigenvalue weighted by molar-refractivity contribution is 6.00. The van der Waals surface area contributed by atoms with Crippen LogP contribution in [0.2, 0.25) is 0 Å². The molecule has 4 aromatic rings. The van der Waals surface area contributed by atoms with Gasteiger partial charge in [-0.2, -0.15) is 0 Å². The van der Waals surface area contributed by atoms with Gasteiger partial charge in [-0.15, -0.1) is 0 Å². The summed E-state index contributed by atoms with van der Waals surface area (Å²) in [4.78, 5) is 26.4. The molecule has 3 aromatic carbocycles. The lowest BCUT2D eigenvalue weighted by molar-refractivity contribution is 0.0746. The SMILES string of the molecule is Cc1ccccc1N1CCN(C(=O)c2c(C)noc2-c2ccc(-c3ccc(C4CC4)cc3)cc2)CC1.O=C(O)O. The van der Waals surface area contributed by atoms with Gasteiger partial charge in [0.2, 0.25) is 0 Å². The van der Waals surface area contributed by atoms with Crippen LogP contribution in [0, 0.1) is 13.8 Å². The molecule has 1 aromatic heterocycles. The Hall–Kier alpha value is -4.59. The van der Waals surface area contributed by atoms with Crippen molar-refractivity contribution in [2.24, 2.45) is 0 Å². The van der Waals surface area contributed by atoms with E-state index in [-0.39, 0.29) is 5.91 Å². The summed E-state index contributed by atoms with van der Waals surface area (Å²) in [6.07, 6.45) is 0.794. The molecular formula is C32H33N3O5. The van der Waals surface area contributed by atoms with Crippen LogP contribution in [0.3, 0.4) is 0 Å². The minimum Gasteiger partial charge on any atom is -0.450 e. The van der Waals surface area contributed by atoms with Crippen molar-refractivity contribution in [2.75, 3.05) is 31.1 Å². The molecule has 1 aliphatic heterocycles. The molecule has 2 aliphatic rings. The predicted molar refractivity (Wildman–Crippen MR) is 154 cm³/mol. The summed E-state index contributed by atoms with van der Waals surface area (Å²) < 4.78 is 5.69. The maximum Gasteiger partial charge on any atom is 0.503 e. The van der Waals surface area contributed by atoms with Crippen molar-refractivity contribution in [3.63, 3.8) is 0 Å². The van der Waals surface area contributed by atoms with Crippen LogP contribution in [-0.2, 0) is 0 Å². The van der Waals surface area contributed by atoms with E-state index in [9.17, 15) is 4.79 Å². The normalized spacial score (nSPS) is 14.8. The van der Waals surface area contributed by atoms with E-state index in [0.29, 0.717) is 30.1 Å². The van der Waals surface area contributed by atoms with Crippen LogP contribution >= 0.6 is 0 Å². The van der Waals surface area contributed by atoms with E-state index in [2.05, 4.69) is 77.6 Å². The number of hydrogen-bond donors (Lipinski definition) is 2. The first-order valence-electron chi connectivity index (χ1n) is 13.5. The molecule has 0 atom stereocenters. The molecule has 6 rings (SSSR count). The summed E-state index contributed by atoms with van der Waals surface area (Å²) in [5.41, 5.74) is 8.37. The summed E-state index contributed by atoms with van der Waals surface area (Å²) in [5, 5.41) is 18.1. The third-order valence-electron chi connectivity index (χ3n) is 7.54. The molecule has 1 aliphatic carbocycles. The smallest absolute Gasteiger partial charge is 0.450 e. The number of aryl methyl sites for hydroxylation is 2. The number of benzene rings is 3. The van der Waals surface area contributed by atoms with E-state index in [1.54, 1.807) is 0 Å². The van der Waals surface area contributed by atoms with E-state index in [0.717, 1.165) is 30.1 Å². The van der Waals surface area contributed by atoms with E-state index in [1.807, 2.05) is 24.0 Å². The van der Waals surface area contributed by atoms with Gasteiger partial charge in [0.15, 0.2) is 5.76 Å². The number of nitrogens with zero attached hydrogens (tertiary/aromatic N) is 3. The molecule has 1 saturated carbocycles.